The van der Waals surface area contributed by atoms with E-state index in [0.29, 0.717) is 17.2 Å². The van der Waals surface area contributed by atoms with Crippen LogP contribution in [-0.4, -0.2) is 36.0 Å². The van der Waals surface area contributed by atoms with Gasteiger partial charge in [0.2, 0.25) is 5.91 Å². The zero-order valence-corrected chi connectivity index (χ0v) is 12.3. The zero-order valence-electron chi connectivity index (χ0n) is 11.5. The van der Waals surface area contributed by atoms with Crippen molar-refractivity contribution in [1.29, 1.82) is 0 Å². The van der Waals surface area contributed by atoms with Gasteiger partial charge in [0, 0.05) is 30.3 Å². The van der Waals surface area contributed by atoms with Gasteiger partial charge in [0.1, 0.15) is 0 Å². The fraction of sp³-hybridized carbons (Fsp3) is 0.929. The lowest BCUT2D eigenvalue weighted by molar-refractivity contribution is -0.121. The third-order valence-corrected chi connectivity index (χ3v) is 5.81. The fourth-order valence-corrected chi connectivity index (χ4v) is 4.05. The van der Waals surface area contributed by atoms with Crippen LogP contribution in [0.5, 0.6) is 0 Å². The fourth-order valence-electron chi connectivity index (χ4n) is 3.13. The molecule has 0 bridgehead atoms. The summed E-state index contributed by atoms with van der Waals surface area (Å²) in [6.07, 6.45) is 11.9. The van der Waals surface area contributed by atoms with Gasteiger partial charge < -0.3 is 10.6 Å². The first-order chi connectivity index (χ1) is 8.74. The van der Waals surface area contributed by atoms with Crippen molar-refractivity contribution in [2.75, 3.05) is 19.3 Å². The molecule has 1 heterocycles. The highest BCUT2D eigenvalue weighted by molar-refractivity contribution is 8.00. The van der Waals surface area contributed by atoms with Crippen molar-refractivity contribution in [2.24, 2.45) is 0 Å². The first-order valence-corrected chi connectivity index (χ1v) is 8.52. The summed E-state index contributed by atoms with van der Waals surface area (Å²) in [6.45, 7) is 1.93. The first kappa shape index (κ1) is 14.2. The summed E-state index contributed by atoms with van der Waals surface area (Å²) < 4.78 is 0.432. The molecule has 1 amide bonds. The van der Waals surface area contributed by atoms with Crippen LogP contribution in [0.2, 0.25) is 0 Å². The van der Waals surface area contributed by atoms with Gasteiger partial charge >= 0.3 is 0 Å². The van der Waals surface area contributed by atoms with Crippen LogP contribution in [0.3, 0.4) is 0 Å². The van der Waals surface area contributed by atoms with Crippen molar-refractivity contribution in [3.05, 3.63) is 0 Å². The Bertz CT molecular complexity index is 277. The largest absolute Gasteiger partial charge is 0.356 e. The van der Waals surface area contributed by atoms with Crippen molar-refractivity contribution in [1.82, 2.24) is 10.6 Å². The van der Waals surface area contributed by atoms with Crippen LogP contribution in [0, 0.1) is 0 Å². The molecule has 1 aliphatic heterocycles. The Morgan fingerprint density at radius 1 is 1.33 bits per heavy atom. The summed E-state index contributed by atoms with van der Waals surface area (Å²) in [5.74, 6) is 0.215. The highest BCUT2D eigenvalue weighted by Gasteiger charge is 2.31. The van der Waals surface area contributed by atoms with Crippen LogP contribution in [0.25, 0.3) is 0 Å². The van der Waals surface area contributed by atoms with E-state index in [1.54, 1.807) is 0 Å². The molecule has 1 unspecified atom stereocenters. The number of nitrogens with one attached hydrogen (secondary N) is 2. The van der Waals surface area contributed by atoms with E-state index in [1.165, 1.54) is 32.1 Å². The maximum atomic E-state index is 11.5. The van der Waals surface area contributed by atoms with Crippen molar-refractivity contribution < 1.29 is 4.79 Å². The van der Waals surface area contributed by atoms with Crippen LogP contribution in [0.15, 0.2) is 0 Å². The molecule has 1 atom stereocenters. The Morgan fingerprint density at radius 3 is 2.83 bits per heavy atom. The van der Waals surface area contributed by atoms with E-state index in [0.717, 1.165) is 25.9 Å². The van der Waals surface area contributed by atoms with Crippen LogP contribution >= 0.6 is 11.8 Å². The van der Waals surface area contributed by atoms with Gasteiger partial charge in [-0.1, -0.05) is 19.3 Å². The molecule has 2 fully saturated rings. The van der Waals surface area contributed by atoms with Gasteiger partial charge in [-0.15, -0.1) is 0 Å². The summed E-state index contributed by atoms with van der Waals surface area (Å²) in [6, 6.07) is 0.387. The number of amides is 1. The lowest BCUT2D eigenvalue weighted by atomic mass is 9.88. The summed E-state index contributed by atoms with van der Waals surface area (Å²) in [4.78, 5) is 11.5. The molecule has 1 saturated heterocycles. The summed E-state index contributed by atoms with van der Waals surface area (Å²) in [5, 5.41) is 6.62. The minimum atomic E-state index is 0.215. The standard InChI is InChI=1S/C14H26N2OS/c1-18-14(7-3-2-4-8-14)11-16-12-6-5-9-15-13(17)10-12/h12,16H,2-11H2,1H3,(H,15,17). The molecule has 0 aromatic rings. The Morgan fingerprint density at radius 2 is 2.11 bits per heavy atom. The quantitative estimate of drug-likeness (QED) is 0.823. The average molecular weight is 270 g/mol. The zero-order chi connectivity index (χ0) is 12.8. The highest BCUT2D eigenvalue weighted by atomic mass is 32.2. The minimum absolute atomic E-state index is 0.215. The van der Waals surface area contributed by atoms with Gasteiger partial charge in [0.15, 0.2) is 0 Å². The molecule has 1 aliphatic carbocycles. The Labute approximate surface area is 115 Å². The summed E-state index contributed by atoms with van der Waals surface area (Å²) >= 11 is 2.02. The van der Waals surface area contributed by atoms with Gasteiger partial charge in [-0.2, -0.15) is 11.8 Å². The number of hydrogen-bond donors (Lipinski definition) is 2. The molecular weight excluding hydrogens is 244 g/mol. The maximum absolute atomic E-state index is 11.5. The molecule has 2 rings (SSSR count). The van der Waals surface area contributed by atoms with E-state index in [1.807, 2.05) is 11.8 Å². The molecule has 0 aromatic heterocycles. The highest BCUT2D eigenvalue weighted by Crippen LogP contribution is 2.38. The first-order valence-electron chi connectivity index (χ1n) is 7.29. The molecule has 0 aromatic carbocycles. The lowest BCUT2D eigenvalue weighted by Crippen LogP contribution is -2.44. The normalized spacial score (nSPS) is 28.5. The predicted molar refractivity (Wildman–Crippen MR) is 78.0 cm³/mol. The van der Waals surface area contributed by atoms with E-state index in [-0.39, 0.29) is 5.91 Å². The maximum Gasteiger partial charge on any atom is 0.221 e. The molecule has 2 aliphatic rings. The van der Waals surface area contributed by atoms with Gasteiger partial charge in [0.05, 0.1) is 0 Å². The second-order valence-corrected chi connectivity index (χ2v) is 7.00. The summed E-state index contributed by atoms with van der Waals surface area (Å²) in [5.41, 5.74) is 0. The number of hydrogen-bond acceptors (Lipinski definition) is 3. The second kappa shape index (κ2) is 6.80. The van der Waals surface area contributed by atoms with Gasteiger partial charge in [-0.25, -0.2) is 0 Å². The minimum Gasteiger partial charge on any atom is -0.356 e. The molecule has 2 N–H and O–H groups in total. The van der Waals surface area contributed by atoms with Crippen LogP contribution in [0.1, 0.15) is 51.4 Å². The van der Waals surface area contributed by atoms with E-state index >= 15 is 0 Å². The van der Waals surface area contributed by atoms with E-state index in [4.69, 9.17) is 0 Å². The summed E-state index contributed by atoms with van der Waals surface area (Å²) in [7, 11) is 0. The number of rotatable bonds is 4. The SMILES string of the molecule is CSC1(CNC2CCCNC(=O)C2)CCCCC1. The van der Waals surface area contributed by atoms with Crippen LogP contribution < -0.4 is 10.6 Å². The van der Waals surface area contributed by atoms with E-state index in [2.05, 4.69) is 16.9 Å². The molecule has 104 valence electrons. The topological polar surface area (TPSA) is 41.1 Å². The van der Waals surface area contributed by atoms with Crippen LogP contribution in [0.4, 0.5) is 0 Å². The molecule has 0 radical (unpaired) electrons. The Kier molecular flexibility index (Phi) is 5.37. The van der Waals surface area contributed by atoms with Crippen molar-refractivity contribution in [2.45, 2.75) is 62.2 Å². The molecule has 0 spiro atoms. The number of carbonyl (C=O) groups excluding carboxylic acids is 1. The van der Waals surface area contributed by atoms with Gasteiger partial charge in [-0.05, 0) is 31.9 Å². The third kappa shape index (κ3) is 3.89. The second-order valence-electron chi connectivity index (χ2n) is 5.72. The van der Waals surface area contributed by atoms with E-state index < -0.39 is 0 Å². The molecule has 3 nitrogen and oxygen atoms in total. The van der Waals surface area contributed by atoms with Crippen molar-refractivity contribution >= 4 is 17.7 Å². The monoisotopic (exact) mass is 270 g/mol. The number of carbonyl (C=O) groups is 1. The lowest BCUT2D eigenvalue weighted by Gasteiger charge is -2.37. The van der Waals surface area contributed by atoms with Gasteiger partial charge in [0.25, 0.3) is 0 Å². The van der Waals surface area contributed by atoms with E-state index in [9.17, 15) is 4.79 Å². The van der Waals surface area contributed by atoms with Crippen LogP contribution in [-0.2, 0) is 4.79 Å². The predicted octanol–water partition coefficient (Wildman–Crippen LogP) is 2.31. The van der Waals surface area contributed by atoms with Gasteiger partial charge in [-0.3, -0.25) is 4.79 Å². The smallest absolute Gasteiger partial charge is 0.221 e. The molecule has 1 saturated carbocycles. The number of thioether (sulfide) groups is 1. The van der Waals surface area contributed by atoms with Crippen molar-refractivity contribution in [3.63, 3.8) is 0 Å². The molecular formula is C14H26N2OS. The van der Waals surface area contributed by atoms with Crippen molar-refractivity contribution in [3.8, 4) is 0 Å². The molecule has 18 heavy (non-hydrogen) atoms. The average Bonchev–Trinajstić information content (AvgIpc) is 2.62. The molecule has 4 heteroatoms. The Balaban J connectivity index is 1.82. The Hall–Kier alpha value is -0.220. The third-order valence-electron chi connectivity index (χ3n) is 4.39.